The van der Waals surface area contributed by atoms with Crippen molar-refractivity contribution in [1.82, 2.24) is 9.97 Å². The van der Waals surface area contributed by atoms with Gasteiger partial charge in [0.2, 0.25) is 0 Å². The van der Waals surface area contributed by atoms with Gasteiger partial charge in [0.25, 0.3) is 0 Å². The van der Waals surface area contributed by atoms with E-state index in [1.54, 1.807) is 24.8 Å². The smallest absolute Gasteiger partial charge is 0.0502 e. The molecule has 0 radical (unpaired) electrons. The first-order valence-corrected chi connectivity index (χ1v) is 9.20. The number of benzene rings is 2. The summed E-state index contributed by atoms with van der Waals surface area (Å²) in [5, 5.41) is 5.79. The van der Waals surface area contributed by atoms with Crippen molar-refractivity contribution in [1.29, 1.82) is 0 Å². The first kappa shape index (κ1) is 18.1. The molecule has 5 heteroatoms. The average molecular weight is 434 g/mol. The molecule has 126 valence electrons. The lowest BCUT2D eigenvalue weighted by Gasteiger charge is -2.03. The van der Waals surface area contributed by atoms with E-state index in [4.69, 9.17) is 23.2 Å². The summed E-state index contributed by atoms with van der Waals surface area (Å²) in [5.74, 6) is 0. The number of halogens is 3. The van der Waals surface area contributed by atoms with Gasteiger partial charge < -0.3 is 0 Å². The van der Waals surface area contributed by atoms with E-state index in [0.717, 1.165) is 41.6 Å². The Bertz CT molecular complexity index is 1060. The third-order valence-corrected chi connectivity index (χ3v) is 5.03. The maximum Gasteiger partial charge on any atom is 0.0502 e. The van der Waals surface area contributed by atoms with Gasteiger partial charge >= 0.3 is 0 Å². The molecule has 0 aliphatic carbocycles. The molecular weight excluding hydrogens is 419 g/mol. The molecule has 2 heterocycles. The third-order valence-electron chi connectivity index (χ3n) is 3.77. The van der Waals surface area contributed by atoms with Crippen LogP contribution < -0.4 is 0 Å². The Labute approximate surface area is 165 Å². The maximum absolute atomic E-state index is 6.07. The van der Waals surface area contributed by atoms with Crippen molar-refractivity contribution < 1.29 is 0 Å². The van der Waals surface area contributed by atoms with E-state index < -0.39 is 0 Å². The van der Waals surface area contributed by atoms with Gasteiger partial charge in [-0.15, -0.1) is 0 Å². The van der Waals surface area contributed by atoms with Crippen molar-refractivity contribution in [2.45, 2.75) is 13.8 Å². The molecule has 2 aromatic carbocycles. The van der Waals surface area contributed by atoms with Crippen LogP contribution >= 0.6 is 39.1 Å². The topological polar surface area (TPSA) is 25.8 Å². The molecule has 2 aromatic heterocycles. The van der Waals surface area contributed by atoms with Crippen LogP contribution in [0.1, 0.15) is 11.1 Å². The maximum atomic E-state index is 6.07. The molecule has 0 amide bonds. The molecule has 4 aromatic rings. The lowest BCUT2D eigenvalue weighted by Crippen LogP contribution is -1.81. The van der Waals surface area contributed by atoms with E-state index in [1.807, 2.05) is 32.0 Å². The minimum atomic E-state index is 0.754. The molecule has 25 heavy (non-hydrogen) atoms. The Morgan fingerprint density at radius 2 is 1.40 bits per heavy atom. The molecule has 0 atom stereocenters. The van der Waals surface area contributed by atoms with Gasteiger partial charge in [0.15, 0.2) is 0 Å². The lowest BCUT2D eigenvalue weighted by atomic mass is 10.1. The second-order valence-corrected chi connectivity index (χ2v) is 7.48. The molecule has 0 aliphatic heterocycles. The van der Waals surface area contributed by atoms with Crippen molar-refractivity contribution in [3.8, 4) is 0 Å². The third kappa shape index (κ3) is 4.12. The fraction of sp³-hybridized carbons (Fsp3) is 0.100. The molecular formula is C20H15BrCl2N2. The molecule has 0 aliphatic rings. The first-order chi connectivity index (χ1) is 12.0. The minimum Gasteiger partial charge on any atom is -0.264 e. The monoisotopic (exact) mass is 432 g/mol. The van der Waals surface area contributed by atoms with Crippen molar-refractivity contribution in [3.63, 3.8) is 0 Å². The SMILES string of the molecule is Cc1cc(Cl)c2cncc(Br)c2c1.Cc1cc(Cl)c2cnccc2c1. The molecule has 0 saturated heterocycles. The van der Waals surface area contributed by atoms with Crippen molar-refractivity contribution in [2.75, 3.05) is 0 Å². The van der Waals surface area contributed by atoms with E-state index in [0.29, 0.717) is 0 Å². The van der Waals surface area contributed by atoms with Crippen LogP contribution in [0.15, 0.2) is 59.6 Å². The predicted molar refractivity (Wildman–Crippen MR) is 111 cm³/mol. The summed E-state index contributed by atoms with van der Waals surface area (Å²) in [6.45, 7) is 4.06. The highest BCUT2D eigenvalue weighted by atomic mass is 79.9. The molecule has 2 nitrogen and oxygen atoms in total. The highest BCUT2D eigenvalue weighted by Crippen LogP contribution is 2.29. The van der Waals surface area contributed by atoms with Gasteiger partial charge in [0, 0.05) is 45.4 Å². The van der Waals surface area contributed by atoms with Crippen LogP contribution in [0.2, 0.25) is 10.0 Å². The predicted octanol–water partition coefficient (Wildman–Crippen LogP) is 7.16. The summed E-state index contributed by atoms with van der Waals surface area (Å²) in [6, 6.07) is 10.0. The van der Waals surface area contributed by atoms with Gasteiger partial charge in [-0.05, 0) is 64.5 Å². The highest BCUT2D eigenvalue weighted by Gasteiger charge is 2.03. The zero-order chi connectivity index (χ0) is 18.0. The zero-order valence-corrected chi connectivity index (χ0v) is 16.8. The van der Waals surface area contributed by atoms with Gasteiger partial charge in [-0.3, -0.25) is 9.97 Å². The zero-order valence-electron chi connectivity index (χ0n) is 13.7. The number of nitrogens with zero attached hydrogens (tertiary/aromatic N) is 2. The van der Waals surface area contributed by atoms with Gasteiger partial charge in [0.05, 0.1) is 10.0 Å². The van der Waals surface area contributed by atoms with Crippen molar-refractivity contribution in [3.05, 3.63) is 80.8 Å². The summed E-state index contributed by atoms with van der Waals surface area (Å²) >= 11 is 15.5. The number of hydrogen-bond acceptors (Lipinski definition) is 2. The first-order valence-electron chi connectivity index (χ1n) is 7.65. The van der Waals surface area contributed by atoms with Crippen molar-refractivity contribution >= 4 is 60.7 Å². The molecule has 4 rings (SSSR count). The van der Waals surface area contributed by atoms with E-state index in [9.17, 15) is 0 Å². The Kier molecular flexibility index (Phi) is 5.57. The van der Waals surface area contributed by atoms with Gasteiger partial charge in [-0.25, -0.2) is 0 Å². The Morgan fingerprint density at radius 1 is 0.760 bits per heavy atom. The van der Waals surface area contributed by atoms with Crippen LogP contribution in [-0.4, -0.2) is 9.97 Å². The molecule has 0 saturated carbocycles. The van der Waals surface area contributed by atoms with Gasteiger partial charge in [0.1, 0.15) is 0 Å². The lowest BCUT2D eigenvalue weighted by molar-refractivity contribution is 1.34. The van der Waals surface area contributed by atoms with E-state index in [2.05, 4.69) is 38.0 Å². The van der Waals surface area contributed by atoms with Crippen LogP contribution in [0.4, 0.5) is 0 Å². The van der Waals surface area contributed by atoms with Gasteiger partial charge in [-0.1, -0.05) is 35.3 Å². The number of fused-ring (bicyclic) bond motifs is 2. The van der Waals surface area contributed by atoms with E-state index in [-0.39, 0.29) is 0 Å². The number of aromatic nitrogens is 2. The Morgan fingerprint density at radius 3 is 2.16 bits per heavy atom. The second kappa shape index (κ2) is 7.69. The van der Waals surface area contributed by atoms with Crippen LogP contribution in [-0.2, 0) is 0 Å². The van der Waals surface area contributed by atoms with Gasteiger partial charge in [-0.2, -0.15) is 0 Å². The number of pyridine rings is 2. The Balaban J connectivity index is 0.000000146. The highest BCUT2D eigenvalue weighted by molar-refractivity contribution is 9.10. The molecule has 0 spiro atoms. The summed E-state index contributed by atoms with van der Waals surface area (Å²) in [4.78, 5) is 8.09. The van der Waals surface area contributed by atoms with E-state index >= 15 is 0 Å². The Hall–Kier alpha value is -1.68. The largest absolute Gasteiger partial charge is 0.264 e. The molecule has 0 N–H and O–H groups in total. The number of aryl methyl sites for hydroxylation is 2. The van der Waals surface area contributed by atoms with Crippen LogP contribution in [0.5, 0.6) is 0 Å². The number of rotatable bonds is 0. The summed E-state index contributed by atoms with van der Waals surface area (Å²) in [6.07, 6.45) is 7.12. The molecule has 0 fully saturated rings. The second-order valence-electron chi connectivity index (χ2n) is 5.81. The summed E-state index contributed by atoms with van der Waals surface area (Å²) in [7, 11) is 0. The summed E-state index contributed by atoms with van der Waals surface area (Å²) in [5.41, 5.74) is 2.34. The van der Waals surface area contributed by atoms with Crippen LogP contribution in [0, 0.1) is 13.8 Å². The molecule has 0 unspecified atom stereocenters. The minimum absolute atomic E-state index is 0.754. The van der Waals surface area contributed by atoms with Crippen molar-refractivity contribution in [2.24, 2.45) is 0 Å². The molecule has 0 bridgehead atoms. The number of hydrogen-bond donors (Lipinski definition) is 0. The summed E-state index contributed by atoms with van der Waals surface area (Å²) < 4.78 is 0.982. The van der Waals surface area contributed by atoms with Crippen LogP contribution in [0.25, 0.3) is 21.5 Å². The van der Waals surface area contributed by atoms with Crippen LogP contribution in [0.3, 0.4) is 0 Å². The van der Waals surface area contributed by atoms with E-state index in [1.165, 1.54) is 5.56 Å². The fourth-order valence-electron chi connectivity index (χ4n) is 2.62. The fourth-order valence-corrected chi connectivity index (χ4v) is 3.72. The quantitative estimate of drug-likeness (QED) is 0.294. The standard InChI is InChI=1S/C10H7BrClN.C10H8ClN/c1-6-2-7-8(10(12)3-6)4-13-5-9(7)11;1-7-4-8-2-3-12-6-9(8)10(11)5-7/h2-5H,1H3;2-6H,1H3. The average Bonchev–Trinajstić information content (AvgIpc) is 2.56. The normalized spacial score (nSPS) is 10.6.